The molecule has 2 aromatic rings. The maximum Gasteiger partial charge on any atom is 0.100 e. The van der Waals surface area contributed by atoms with Gasteiger partial charge in [-0.25, -0.2) is 0 Å². The summed E-state index contributed by atoms with van der Waals surface area (Å²) in [5.41, 5.74) is 5.51. The number of pyridine rings is 1. The Morgan fingerprint density at radius 2 is 2.11 bits per heavy atom. The van der Waals surface area contributed by atoms with Gasteiger partial charge in [-0.2, -0.15) is 5.26 Å². The first kappa shape index (κ1) is 11.2. The topological polar surface area (TPSA) is 36.7 Å². The van der Waals surface area contributed by atoms with Crippen molar-refractivity contribution in [2.75, 3.05) is 0 Å². The number of benzene rings is 1. The molecular weight excluding hydrogens is 220 g/mol. The smallest absolute Gasteiger partial charge is 0.100 e. The van der Waals surface area contributed by atoms with Crippen LogP contribution in [0.15, 0.2) is 18.2 Å². The summed E-state index contributed by atoms with van der Waals surface area (Å²) >= 11 is 0. The highest BCUT2D eigenvalue weighted by molar-refractivity contribution is 5.88. The number of hydrogen-bond donors (Lipinski definition) is 0. The maximum atomic E-state index is 9.48. The van der Waals surface area contributed by atoms with Crippen LogP contribution < -0.4 is 0 Å². The van der Waals surface area contributed by atoms with Crippen LogP contribution >= 0.6 is 0 Å². The lowest BCUT2D eigenvalue weighted by atomic mass is 9.89. The number of hydrogen-bond acceptors (Lipinski definition) is 2. The molecule has 0 radical (unpaired) electrons. The quantitative estimate of drug-likeness (QED) is 0.759. The Morgan fingerprint density at radius 1 is 1.28 bits per heavy atom. The molecule has 0 atom stereocenters. The van der Waals surface area contributed by atoms with Crippen LogP contribution in [0.3, 0.4) is 0 Å². The lowest BCUT2D eigenvalue weighted by molar-refractivity contribution is 0.669. The number of aryl methyl sites for hydroxylation is 2. The third kappa shape index (κ3) is 1.59. The first-order valence-electron chi connectivity index (χ1n) is 6.68. The molecule has 1 heterocycles. The number of rotatable bonds is 1. The third-order valence-corrected chi connectivity index (χ3v) is 3.87. The average Bonchev–Trinajstić information content (AvgIpc) is 2.44. The number of aromatic nitrogens is 1. The van der Waals surface area contributed by atoms with Crippen molar-refractivity contribution in [3.63, 3.8) is 0 Å². The minimum atomic E-state index is 0.866. The zero-order valence-electron chi connectivity index (χ0n) is 10.7. The zero-order chi connectivity index (χ0) is 12.5. The molecule has 1 aliphatic rings. The largest absolute Gasteiger partial charge is 0.252 e. The van der Waals surface area contributed by atoms with Crippen LogP contribution in [0.2, 0.25) is 0 Å². The van der Waals surface area contributed by atoms with E-state index in [1.807, 2.05) is 12.1 Å². The predicted octanol–water partition coefficient (Wildman–Crippen LogP) is 3.55. The van der Waals surface area contributed by atoms with Gasteiger partial charge in [0.2, 0.25) is 0 Å². The molecule has 0 unspecified atom stereocenters. The minimum Gasteiger partial charge on any atom is -0.252 e. The summed E-state index contributed by atoms with van der Waals surface area (Å²) < 4.78 is 0. The van der Waals surface area contributed by atoms with E-state index >= 15 is 0 Å². The van der Waals surface area contributed by atoms with Crippen LogP contribution in [0.5, 0.6) is 0 Å². The lowest BCUT2D eigenvalue weighted by Gasteiger charge is -2.18. The van der Waals surface area contributed by atoms with Crippen molar-refractivity contribution in [3.8, 4) is 6.07 Å². The van der Waals surface area contributed by atoms with Crippen LogP contribution in [-0.4, -0.2) is 4.98 Å². The molecule has 0 N–H and O–H groups in total. The van der Waals surface area contributed by atoms with Gasteiger partial charge in [-0.05, 0) is 43.2 Å². The monoisotopic (exact) mass is 236 g/mol. The Balaban J connectivity index is 2.41. The van der Waals surface area contributed by atoms with Gasteiger partial charge < -0.3 is 0 Å². The predicted molar refractivity (Wildman–Crippen MR) is 72.5 cm³/mol. The Morgan fingerprint density at radius 3 is 2.89 bits per heavy atom. The summed E-state index contributed by atoms with van der Waals surface area (Å²) in [6.45, 7) is 2.14. The van der Waals surface area contributed by atoms with Crippen LogP contribution in [0.1, 0.15) is 42.1 Å². The highest BCUT2D eigenvalue weighted by Crippen LogP contribution is 2.30. The number of para-hydroxylation sites is 1. The van der Waals surface area contributed by atoms with Gasteiger partial charge in [-0.1, -0.05) is 25.1 Å². The molecule has 0 spiro atoms. The van der Waals surface area contributed by atoms with Crippen LogP contribution in [0.25, 0.3) is 10.9 Å². The fourth-order valence-electron chi connectivity index (χ4n) is 2.92. The van der Waals surface area contributed by atoms with Gasteiger partial charge in [0.15, 0.2) is 0 Å². The third-order valence-electron chi connectivity index (χ3n) is 3.87. The molecule has 0 amide bonds. The van der Waals surface area contributed by atoms with E-state index in [0.717, 1.165) is 41.4 Å². The van der Waals surface area contributed by atoms with Gasteiger partial charge >= 0.3 is 0 Å². The van der Waals surface area contributed by atoms with Crippen molar-refractivity contribution in [1.29, 1.82) is 5.26 Å². The standard InChI is InChI=1S/C16H16N2/c1-2-11-6-5-8-13-14(10-17)12-7-3-4-9-15(12)18-16(11)13/h5-6,8H,2-4,7,9H2,1H3. The summed E-state index contributed by atoms with van der Waals surface area (Å²) in [5, 5.41) is 10.5. The summed E-state index contributed by atoms with van der Waals surface area (Å²) in [6, 6.07) is 8.60. The minimum absolute atomic E-state index is 0.866. The molecule has 1 aromatic carbocycles. The molecule has 0 saturated heterocycles. The molecule has 0 saturated carbocycles. The number of nitrogens with zero attached hydrogens (tertiary/aromatic N) is 2. The Hall–Kier alpha value is -1.88. The van der Waals surface area contributed by atoms with Crippen molar-refractivity contribution >= 4 is 10.9 Å². The first-order chi connectivity index (χ1) is 8.85. The Bertz CT molecular complexity index is 650. The van der Waals surface area contributed by atoms with Crippen LogP contribution in [0, 0.1) is 11.3 Å². The van der Waals surface area contributed by atoms with Crippen LogP contribution in [-0.2, 0) is 19.3 Å². The second kappa shape index (κ2) is 4.42. The van der Waals surface area contributed by atoms with Gasteiger partial charge in [0.25, 0.3) is 0 Å². The van der Waals surface area contributed by atoms with Gasteiger partial charge in [0.1, 0.15) is 6.07 Å². The Kier molecular flexibility index (Phi) is 2.76. The summed E-state index contributed by atoms with van der Waals surface area (Å²) in [7, 11) is 0. The second-order valence-electron chi connectivity index (χ2n) is 4.90. The normalized spacial score (nSPS) is 14.2. The molecule has 18 heavy (non-hydrogen) atoms. The van der Waals surface area contributed by atoms with Crippen molar-refractivity contribution in [2.45, 2.75) is 39.0 Å². The fourth-order valence-corrected chi connectivity index (χ4v) is 2.92. The molecule has 1 aliphatic carbocycles. The van der Waals surface area contributed by atoms with Crippen molar-refractivity contribution < 1.29 is 0 Å². The fraction of sp³-hybridized carbons (Fsp3) is 0.375. The molecular formula is C16H16N2. The molecule has 0 fully saturated rings. The van der Waals surface area contributed by atoms with E-state index in [2.05, 4.69) is 19.1 Å². The number of nitriles is 1. The SMILES string of the molecule is CCc1cccc2c(C#N)c3c(nc12)CCCC3. The van der Waals surface area contributed by atoms with E-state index < -0.39 is 0 Å². The number of fused-ring (bicyclic) bond motifs is 2. The van der Waals surface area contributed by atoms with Crippen molar-refractivity contribution in [3.05, 3.63) is 40.6 Å². The summed E-state index contributed by atoms with van der Waals surface area (Å²) in [5.74, 6) is 0. The highest BCUT2D eigenvalue weighted by Gasteiger charge is 2.18. The van der Waals surface area contributed by atoms with Crippen LogP contribution in [0.4, 0.5) is 0 Å². The molecule has 1 aromatic heterocycles. The van der Waals surface area contributed by atoms with Crippen molar-refractivity contribution in [1.82, 2.24) is 4.98 Å². The lowest BCUT2D eigenvalue weighted by Crippen LogP contribution is -2.09. The first-order valence-corrected chi connectivity index (χ1v) is 6.68. The zero-order valence-corrected chi connectivity index (χ0v) is 10.7. The maximum absolute atomic E-state index is 9.48. The molecule has 3 rings (SSSR count). The highest BCUT2D eigenvalue weighted by atomic mass is 14.7. The van der Waals surface area contributed by atoms with E-state index in [-0.39, 0.29) is 0 Å². The van der Waals surface area contributed by atoms with Crippen molar-refractivity contribution in [2.24, 2.45) is 0 Å². The summed E-state index contributed by atoms with van der Waals surface area (Å²) in [4.78, 5) is 4.84. The summed E-state index contributed by atoms with van der Waals surface area (Å²) in [6.07, 6.45) is 5.39. The van der Waals surface area contributed by atoms with Gasteiger partial charge in [0, 0.05) is 11.1 Å². The average molecular weight is 236 g/mol. The second-order valence-corrected chi connectivity index (χ2v) is 4.90. The molecule has 0 bridgehead atoms. The Labute approximate surface area is 107 Å². The molecule has 0 aliphatic heterocycles. The van der Waals surface area contributed by atoms with Gasteiger partial charge in [-0.3, -0.25) is 4.98 Å². The van der Waals surface area contributed by atoms with E-state index in [9.17, 15) is 5.26 Å². The van der Waals surface area contributed by atoms with E-state index in [1.165, 1.54) is 24.0 Å². The molecule has 2 nitrogen and oxygen atoms in total. The van der Waals surface area contributed by atoms with Gasteiger partial charge in [0.05, 0.1) is 11.1 Å². The van der Waals surface area contributed by atoms with Gasteiger partial charge in [-0.15, -0.1) is 0 Å². The van der Waals surface area contributed by atoms with E-state index in [1.54, 1.807) is 0 Å². The molecule has 90 valence electrons. The molecule has 2 heteroatoms. The van der Waals surface area contributed by atoms with E-state index in [0.29, 0.717) is 0 Å². The van der Waals surface area contributed by atoms with E-state index in [4.69, 9.17) is 4.98 Å².